The van der Waals surface area contributed by atoms with Crippen LogP contribution in [-0.4, -0.2) is 84.7 Å². The molecule has 10 heteroatoms. The molecule has 0 unspecified atom stereocenters. The molecule has 1 saturated heterocycles. The van der Waals surface area contributed by atoms with Crippen LogP contribution >= 0.6 is 11.6 Å². The standard InChI is InChI=1S/C26H32ClN5O4/c1-3-36-24-20(5-4-6-22(24)27)17-30(2)23(33)8-7-19-15-21-18-32(26(34)29-25(21)28-16-19)10-9-31-11-13-35-14-12-31/h4-8,15-16H,3,9-14,17-18H2,1-2H3,(H,28,29,34)/b8-7+. The molecule has 0 atom stereocenters. The maximum absolute atomic E-state index is 12.8. The van der Waals surface area contributed by atoms with Gasteiger partial charge in [0.25, 0.3) is 0 Å². The summed E-state index contributed by atoms with van der Waals surface area (Å²) < 4.78 is 11.0. The maximum atomic E-state index is 12.8. The highest BCUT2D eigenvalue weighted by atomic mass is 35.5. The van der Waals surface area contributed by atoms with Crippen LogP contribution in [-0.2, 0) is 22.6 Å². The fourth-order valence-electron chi connectivity index (χ4n) is 4.19. The molecule has 1 N–H and O–H groups in total. The molecule has 0 aliphatic carbocycles. The third kappa shape index (κ3) is 6.54. The van der Waals surface area contributed by atoms with Crippen molar-refractivity contribution in [3.05, 3.63) is 58.3 Å². The van der Waals surface area contributed by atoms with Crippen LogP contribution in [0.4, 0.5) is 10.6 Å². The minimum Gasteiger partial charge on any atom is -0.492 e. The summed E-state index contributed by atoms with van der Waals surface area (Å²) in [5, 5.41) is 3.39. The number of nitrogens with one attached hydrogen (secondary N) is 1. The number of urea groups is 1. The number of hydrogen-bond acceptors (Lipinski definition) is 6. The second-order valence-electron chi connectivity index (χ2n) is 8.77. The van der Waals surface area contributed by atoms with Gasteiger partial charge in [-0.15, -0.1) is 0 Å². The lowest BCUT2D eigenvalue weighted by atomic mass is 10.1. The van der Waals surface area contributed by atoms with Gasteiger partial charge in [0, 0.05) is 63.2 Å². The normalized spacial score (nSPS) is 16.1. The van der Waals surface area contributed by atoms with Gasteiger partial charge in [0.05, 0.1) is 31.4 Å². The van der Waals surface area contributed by atoms with Gasteiger partial charge in [-0.25, -0.2) is 9.78 Å². The molecule has 1 aromatic carbocycles. The summed E-state index contributed by atoms with van der Waals surface area (Å²) >= 11 is 6.26. The van der Waals surface area contributed by atoms with Crippen LogP contribution in [0.2, 0.25) is 5.02 Å². The zero-order chi connectivity index (χ0) is 25.5. The Morgan fingerprint density at radius 1 is 1.31 bits per heavy atom. The summed E-state index contributed by atoms with van der Waals surface area (Å²) in [4.78, 5) is 35.3. The number of likely N-dealkylation sites (N-methyl/N-ethyl adjacent to an activating group) is 1. The van der Waals surface area contributed by atoms with Crippen molar-refractivity contribution in [3.63, 3.8) is 0 Å². The van der Waals surface area contributed by atoms with Gasteiger partial charge in [0.15, 0.2) is 0 Å². The molecule has 3 heterocycles. The fraction of sp³-hybridized carbons (Fsp3) is 0.423. The Morgan fingerprint density at radius 3 is 2.89 bits per heavy atom. The van der Waals surface area contributed by atoms with Crippen LogP contribution in [0.25, 0.3) is 6.08 Å². The Labute approximate surface area is 216 Å². The molecule has 1 aromatic heterocycles. The molecule has 1 fully saturated rings. The predicted octanol–water partition coefficient (Wildman–Crippen LogP) is 3.49. The Kier molecular flexibility index (Phi) is 8.79. The lowest BCUT2D eigenvalue weighted by Gasteiger charge is -2.32. The number of hydrogen-bond donors (Lipinski definition) is 1. The van der Waals surface area contributed by atoms with Gasteiger partial charge in [-0.2, -0.15) is 0 Å². The molecule has 0 saturated carbocycles. The van der Waals surface area contributed by atoms with Gasteiger partial charge < -0.3 is 19.3 Å². The molecule has 36 heavy (non-hydrogen) atoms. The number of carbonyl (C=O) groups is 2. The lowest BCUT2D eigenvalue weighted by molar-refractivity contribution is -0.125. The van der Waals surface area contributed by atoms with Gasteiger partial charge in [-0.3, -0.25) is 15.0 Å². The predicted molar refractivity (Wildman–Crippen MR) is 139 cm³/mol. The van der Waals surface area contributed by atoms with E-state index < -0.39 is 0 Å². The van der Waals surface area contributed by atoms with Crippen LogP contribution in [0.1, 0.15) is 23.6 Å². The number of ether oxygens (including phenoxy) is 2. The molecular weight excluding hydrogens is 482 g/mol. The number of nitrogens with zero attached hydrogens (tertiary/aromatic N) is 4. The van der Waals surface area contributed by atoms with E-state index in [0.29, 0.717) is 42.8 Å². The van der Waals surface area contributed by atoms with Crippen LogP contribution in [0.5, 0.6) is 5.75 Å². The zero-order valence-corrected chi connectivity index (χ0v) is 21.5. The number of halogens is 1. The number of aromatic nitrogens is 1. The number of anilines is 1. The van der Waals surface area contributed by atoms with Crippen molar-refractivity contribution < 1.29 is 19.1 Å². The number of morpholine rings is 1. The van der Waals surface area contributed by atoms with Crippen molar-refractivity contribution in [1.29, 1.82) is 0 Å². The van der Waals surface area contributed by atoms with Crippen LogP contribution in [0.3, 0.4) is 0 Å². The summed E-state index contributed by atoms with van der Waals surface area (Å²) in [7, 11) is 1.73. The number of fused-ring (bicyclic) bond motifs is 1. The molecular formula is C26H32ClN5O4. The molecule has 2 aliphatic rings. The minimum atomic E-state index is -0.157. The SMILES string of the molecule is CCOc1c(Cl)cccc1CN(C)C(=O)/C=C/c1cnc2c(c1)CN(CCN1CCOCC1)C(=O)N2. The third-order valence-electron chi connectivity index (χ3n) is 6.19. The van der Waals surface area contributed by atoms with E-state index in [0.717, 1.165) is 49.5 Å². The molecule has 2 aliphatic heterocycles. The van der Waals surface area contributed by atoms with E-state index >= 15 is 0 Å². The molecule has 9 nitrogen and oxygen atoms in total. The Bertz CT molecular complexity index is 1120. The van der Waals surface area contributed by atoms with Crippen molar-refractivity contribution in [1.82, 2.24) is 19.7 Å². The number of amides is 3. The van der Waals surface area contributed by atoms with E-state index in [1.807, 2.05) is 25.1 Å². The smallest absolute Gasteiger partial charge is 0.323 e. The minimum absolute atomic E-state index is 0.143. The first kappa shape index (κ1) is 25.9. The summed E-state index contributed by atoms with van der Waals surface area (Å²) in [6.07, 6.45) is 4.91. The fourth-order valence-corrected chi connectivity index (χ4v) is 4.44. The van der Waals surface area contributed by atoms with Crippen LogP contribution in [0.15, 0.2) is 36.5 Å². The van der Waals surface area contributed by atoms with Gasteiger partial charge in [-0.05, 0) is 30.7 Å². The van der Waals surface area contributed by atoms with Gasteiger partial charge in [0.1, 0.15) is 11.6 Å². The van der Waals surface area contributed by atoms with E-state index in [9.17, 15) is 9.59 Å². The molecule has 2 aromatic rings. The Morgan fingerprint density at radius 2 is 2.11 bits per heavy atom. The second-order valence-corrected chi connectivity index (χ2v) is 9.18. The van der Waals surface area contributed by atoms with E-state index in [1.54, 1.807) is 35.2 Å². The van der Waals surface area contributed by atoms with Crippen LogP contribution < -0.4 is 10.1 Å². The first-order valence-corrected chi connectivity index (χ1v) is 12.5. The van der Waals surface area contributed by atoms with Crippen molar-refractivity contribution in [2.45, 2.75) is 20.0 Å². The summed E-state index contributed by atoms with van der Waals surface area (Å²) in [5.74, 6) is 1.01. The van der Waals surface area contributed by atoms with Crippen molar-refractivity contribution >= 4 is 35.4 Å². The van der Waals surface area contributed by atoms with Gasteiger partial charge >= 0.3 is 6.03 Å². The molecule has 0 spiro atoms. The lowest BCUT2D eigenvalue weighted by Crippen LogP contribution is -2.45. The van der Waals surface area contributed by atoms with E-state index in [2.05, 4.69) is 15.2 Å². The largest absolute Gasteiger partial charge is 0.492 e. The number of benzene rings is 1. The molecule has 192 valence electrons. The third-order valence-corrected chi connectivity index (χ3v) is 6.49. The summed E-state index contributed by atoms with van der Waals surface area (Å²) in [6.45, 7) is 7.89. The average Bonchev–Trinajstić information content (AvgIpc) is 2.88. The maximum Gasteiger partial charge on any atom is 0.323 e. The Balaban J connectivity index is 1.37. The topological polar surface area (TPSA) is 87.2 Å². The molecule has 0 bridgehead atoms. The number of rotatable bonds is 9. The molecule has 0 radical (unpaired) electrons. The van der Waals surface area contributed by atoms with E-state index in [4.69, 9.17) is 21.1 Å². The number of pyridine rings is 1. The summed E-state index contributed by atoms with van der Waals surface area (Å²) in [5.41, 5.74) is 2.55. The van der Waals surface area contributed by atoms with Crippen molar-refractivity contribution in [2.75, 3.05) is 58.4 Å². The van der Waals surface area contributed by atoms with Crippen molar-refractivity contribution in [2.24, 2.45) is 0 Å². The number of carbonyl (C=O) groups excluding carboxylic acids is 2. The van der Waals surface area contributed by atoms with Crippen molar-refractivity contribution in [3.8, 4) is 5.75 Å². The first-order valence-electron chi connectivity index (χ1n) is 12.1. The van der Waals surface area contributed by atoms with E-state index in [1.165, 1.54) is 6.08 Å². The quantitative estimate of drug-likeness (QED) is 0.516. The molecule has 3 amide bonds. The second kappa shape index (κ2) is 12.2. The monoisotopic (exact) mass is 513 g/mol. The summed E-state index contributed by atoms with van der Waals surface area (Å²) in [6, 6.07) is 7.33. The highest BCUT2D eigenvalue weighted by Gasteiger charge is 2.24. The first-order chi connectivity index (χ1) is 17.4. The molecule has 4 rings (SSSR count). The highest BCUT2D eigenvalue weighted by molar-refractivity contribution is 6.32. The Hall–Kier alpha value is -3.14. The van der Waals surface area contributed by atoms with E-state index in [-0.39, 0.29) is 11.9 Å². The highest BCUT2D eigenvalue weighted by Crippen LogP contribution is 2.29. The van der Waals surface area contributed by atoms with Gasteiger partial charge in [0.2, 0.25) is 5.91 Å². The van der Waals surface area contributed by atoms with Crippen LogP contribution in [0, 0.1) is 0 Å². The number of para-hydroxylation sites is 1. The van der Waals surface area contributed by atoms with Gasteiger partial charge in [-0.1, -0.05) is 23.7 Å². The zero-order valence-electron chi connectivity index (χ0n) is 20.7. The average molecular weight is 514 g/mol.